The van der Waals surface area contributed by atoms with Crippen LogP contribution < -0.4 is 5.32 Å². The molecule has 1 aliphatic carbocycles. The van der Waals surface area contributed by atoms with Gasteiger partial charge in [0.05, 0.1) is 6.61 Å². The van der Waals surface area contributed by atoms with Crippen LogP contribution in [0.15, 0.2) is 18.2 Å². The third kappa shape index (κ3) is 3.73. The first-order valence-electron chi connectivity index (χ1n) is 6.06. The summed E-state index contributed by atoms with van der Waals surface area (Å²) in [5, 5.41) is 3.16. The van der Waals surface area contributed by atoms with Crippen molar-refractivity contribution in [2.75, 3.05) is 11.9 Å². The van der Waals surface area contributed by atoms with Crippen molar-refractivity contribution in [3.63, 3.8) is 0 Å². The largest absolute Gasteiger partial charge is 0.461 e. The third-order valence-electron chi connectivity index (χ3n) is 2.54. The molecule has 1 fully saturated rings. The van der Waals surface area contributed by atoms with Gasteiger partial charge in [-0.2, -0.15) is 0 Å². The lowest BCUT2D eigenvalue weighted by atomic mass is 10.3. The van der Waals surface area contributed by atoms with Gasteiger partial charge < -0.3 is 10.1 Å². The van der Waals surface area contributed by atoms with Crippen LogP contribution in [0, 0.1) is 5.92 Å². The first kappa shape index (κ1) is 11.9. The summed E-state index contributed by atoms with van der Waals surface area (Å²) >= 11 is 0. The molecule has 1 aliphatic rings. The predicted octanol–water partition coefficient (Wildman–Crippen LogP) is 2.47. The number of rotatable bonds is 5. The maximum absolute atomic E-state index is 11.7. The Balaban J connectivity index is 1.95. The summed E-state index contributed by atoms with van der Waals surface area (Å²) in [7, 11) is 0. The maximum atomic E-state index is 11.7. The van der Waals surface area contributed by atoms with E-state index in [0.29, 0.717) is 30.1 Å². The lowest BCUT2D eigenvalue weighted by Crippen LogP contribution is -2.14. The van der Waals surface area contributed by atoms with Gasteiger partial charge in [-0.1, -0.05) is 6.07 Å². The van der Waals surface area contributed by atoms with Crippen molar-refractivity contribution in [2.24, 2.45) is 5.92 Å². The molecule has 0 saturated heterocycles. The van der Waals surface area contributed by atoms with E-state index < -0.39 is 0 Å². The van der Waals surface area contributed by atoms with E-state index >= 15 is 0 Å². The number of esters is 1. The maximum Gasteiger partial charge on any atom is 0.357 e. The number of carbonyl (C=O) groups excluding carboxylic acids is 1. The summed E-state index contributed by atoms with van der Waals surface area (Å²) in [5.74, 6) is 0.959. The van der Waals surface area contributed by atoms with E-state index in [2.05, 4.69) is 10.3 Å². The number of anilines is 1. The van der Waals surface area contributed by atoms with E-state index in [0.717, 1.165) is 0 Å². The van der Waals surface area contributed by atoms with Crippen LogP contribution >= 0.6 is 0 Å². The van der Waals surface area contributed by atoms with Crippen LogP contribution in [0.1, 0.15) is 37.2 Å². The monoisotopic (exact) mass is 234 g/mol. The second-order valence-corrected chi connectivity index (χ2v) is 4.75. The molecule has 17 heavy (non-hydrogen) atoms. The highest BCUT2D eigenvalue weighted by Crippen LogP contribution is 2.29. The quantitative estimate of drug-likeness (QED) is 0.795. The fourth-order valence-corrected chi connectivity index (χ4v) is 1.48. The molecule has 0 spiro atoms. The molecule has 2 rings (SSSR count). The number of aromatic nitrogens is 1. The Morgan fingerprint density at radius 2 is 2.29 bits per heavy atom. The average Bonchev–Trinajstić information content (AvgIpc) is 3.09. The molecule has 0 aromatic carbocycles. The molecule has 0 amide bonds. The van der Waals surface area contributed by atoms with Crippen LogP contribution in [0.25, 0.3) is 0 Å². The molecule has 0 aliphatic heterocycles. The predicted molar refractivity (Wildman–Crippen MR) is 66.0 cm³/mol. The Labute approximate surface area is 101 Å². The van der Waals surface area contributed by atoms with Gasteiger partial charge in [-0.25, -0.2) is 9.78 Å². The first-order valence-corrected chi connectivity index (χ1v) is 6.06. The summed E-state index contributed by atoms with van der Waals surface area (Å²) in [6, 6.07) is 5.63. The summed E-state index contributed by atoms with van der Waals surface area (Å²) in [6.45, 7) is 4.59. The van der Waals surface area contributed by atoms with Crippen molar-refractivity contribution in [1.82, 2.24) is 4.98 Å². The Morgan fingerprint density at radius 1 is 1.53 bits per heavy atom. The van der Waals surface area contributed by atoms with Gasteiger partial charge in [0.15, 0.2) is 5.69 Å². The van der Waals surface area contributed by atoms with Crippen molar-refractivity contribution in [2.45, 2.75) is 32.7 Å². The number of nitrogens with zero attached hydrogens (tertiary/aromatic N) is 1. The zero-order valence-corrected chi connectivity index (χ0v) is 10.3. The standard InChI is InChI=1S/C13H18N2O2/c1-9(2)14-12-5-3-4-11(15-12)13(16)17-8-10-6-7-10/h3-5,9-10H,6-8H2,1-2H3,(H,14,15). The molecule has 0 atom stereocenters. The van der Waals surface area contributed by atoms with Gasteiger partial charge in [-0.05, 0) is 44.7 Å². The van der Waals surface area contributed by atoms with E-state index in [1.54, 1.807) is 6.07 Å². The number of hydrogen-bond acceptors (Lipinski definition) is 4. The summed E-state index contributed by atoms with van der Waals surface area (Å²) in [5.41, 5.74) is 0.372. The number of pyridine rings is 1. The van der Waals surface area contributed by atoms with Gasteiger partial charge in [0.2, 0.25) is 0 Å². The van der Waals surface area contributed by atoms with Crippen LogP contribution in [0.2, 0.25) is 0 Å². The first-order chi connectivity index (χ1) is 8.15. The minimum atomic E-state index is -0.329. The highest BCUT2D eigenvalue weighted by Gasteiger charge is 2.23. The highest BCUT2D eigenvalue weighted by molar-refractivity contribution is 5.87. The molecule has 1 aromatic heterocycles. The topological polar surface area (TPSA) is 51.2 Å². The highest BCUT2D eigenvalue weighted by atomic mass is 16.5. The zero-order valence-electron chi connectivity index (χ0n) is 10.3. The Morgan fingerprint density at radius 3 is 2.94 bits per heavy atom. The van der Waals surface area contributed by atoms with Crippen molar-refractivity contribution in [3.05, 3.63) is 23.9 Å². The molecule has 0 unspecified atom stereocenters. The number of ether oxygens (including phenoxy) is 1. The van der Waals surface area contributed by atoms with Gasteiger partial charge in [0.25, 0.3) is 0 Å². The minimum absolute atomic E-state index is 0.292. The van der Waals surface area contributed by atoms with Gasteiger partial charge in [-0.15, -0.1) is 0 Å². The summed E-state index contributed by atoms with van der Waals surface area (Å²) in [4.78, 5) is 15.9. The van der Waals surface area contributed by atoms with E-state index in [-0.39, 0.29) is 5.97 Å². The number of carbonyl (C=O) groups is 1. The third-order valence-corrected chi connectivity index (χ3v) is 2.54. The molecule has 1 heterocycles. The zero-order chi connectivity index (χ0) is 12.3. The van der Waals surface area contributed by atoms with Crippen LogP contribution in [-0.4, -0.2) is 23.6 Å². The molecular weight excluding hydrogens is 216 g/mol. The second kappa shape index (κ2) is 5.17. The Hall–Kier alpha value is -1.58. The molecular formula is C13H18N2O2. The normalized spacial score (nSPS) is 14.8. The van der Waals surface area contributed by atoms with Crippen LogP contribution in [-0.2, 0) is 4.74 Å². The lowest BCUT2D eigenvalue weighted by Gasteiger charge is -2.09. The summed E-state index contributed by atoms with van der Waals surface area (Å²) < 4.78 is 5.18. The smallest absolute Gasteiger partial charge is 0.357 e. The molecule has 4 heteroatoms. The van der Waals surface area contributed by atoms with E-state index in [4.69, 9.17) is 4.74 Å². The molecule has 1 saturated carbocycles. The second-order valence-electron chi connectivity index (χ2n) is 4.75. The van der Waals surface area contributed by atoms with E-state index in [1.807, 2.05) is 26.0 Å². The van der Waals surface area contributed by atoms with Gasteiger partial charge >= 0.3 is 5.97 Å². The average molecular weight is 234 g/mol. The molecule has 0 bridgehead atoms. The molecule has 1 aromatic rings. The molecule has 92 valence electrons. The van der Waals surface area contributed by atoms with Crippen LogP contribution in [0.4, 0.5) is 5.82 Å². The Kier molecular flexibility index (Phi) is 3.61. The summed E-state index contributed by atoms with van der Waals surface area (Å²) in [6.07, 6.45) is 2.35. The van der Waals surface area contributed by atoms with Crippen molar-refractivity contribution >= 4 is 11.8 Å². The van der Waals surface area contributed by atoms with Crippen LogP contribution in [0.5, 0.6) is 0 Å². The van der Waals surface area contributed by atoms with Crippen molar-refractivity contribution in [3.8, 4) is 0 Å². The number of hydrogen-bond donors (Lipinski definition) is 1. The SMILES string of the molecule is CC(C)Nc1cccc(C(=O)OCC2CC2)n1. The fourth-order valence-electron chi connectivity index (χ4n) is 1.48. The number of nitrogens with one attached hydrogen (secondary N) is 1. The van der Waals surface area contributed by atoms with E-state index in [9.17, 15) is 4.79 Å². The lowest BCUT2D eigenvalue weighted by molar-refractivity contribution is 0.0479. The molecule has 1 N–H and O–H groups in total. The fraction of sp³-hybridized carbons (Fsp3) is 0.538. The van der Waals surface area contributed by atoms with Crippen LogP contribution in [0.3, 0.4) is 0 Å². The van der Waals surface area contributed by atoms with Gasteiger partial charge in [0.1, 0.15) is 5.82 Å². The Bertz CT molecular complexity index is 400. The van der Waals surface area contributed by atoms with E-state index in [1.165, 1.54) is 12.8 Å². The molecule has 0 radical (unpaired) electrons. The van der Waals surface area contributed by atoms with Crippen molar-refractivity contribution < 1.29 is 9.53 Å². The minimum Gasteiger partial charge on any atom is -0.461 e. The van der Waals surface area contributed by atoms with Crippen molar-refractivity contribution in [1.29, 1.82) is 0 Å². The van der Waals surface area contributed by atoms with Gasteiger partial charge in [0, 0.05) is 6.04 Å². The van der Waals surface area contributed by atoms with Gasteiger partial charge in [-0.3, -0.25) is 0 Å². The molecule has 4 nitrogen and oxygen atoms in total.